The van der Waals surface area contributed by atoms with Gasteiger partial charge in [0.2, 0.25) is 11.7 Å². The molecule has 0 spiro atoms. The first-order valence-electron chi connectivity index (χ1n) is 9.64. The molecule has 4 rings (SSSR count). The molecule has 6 heteroatoms. The second kappa shape index (κ2) is 7.62. The molecule has 1 heterocycles. The fourth-order valence-electron chi connectivity index (χ4n) is 4.27. The molecule has 0 aromatic heterocycles. The fourth-order valence-corrected chi connectivity index (χ4v) is 4.27. The van der Waals surface area contributed by atoms with Crippen LogP contribution in [0.5, 0.6) is 17.2 Å². The molecule has 0 saturated carbocycles. The van der Waals surface area contributed by atoms with Crippen molar-refractivity contribution in [2.24, 2.45) is 0 Å². The first-order chi connectivity index (χ1) is 14.0. The van der Waals surface area contributed by atoms with E-state index < -0.39 is 5.92 Å². The van der Waals surface area contributed by atoms with E-state index in [1.807, 2.05) is 30.3 Å². The maximum atomic E-state index is 13.2. The number of Topliss-reactive ketones (excluding diaryl/α,β-unsaturated/α-hetero) is 1. The highest BCUT2D eigenvalue weighted by Crippen LogP contribution is 2.46. The van der Waals surface area contributed by atoms with E-state index in [4.69, 9.17) is 9.47 Å². The molecule has 1 atom stereocenters. The molecule has 2 aromatic rings. The number of anilines is 1. The fraction of sp³-hybridized carbons (Fsp3) is 0.304. The second-order valence-electron chi connectivity index (χ2n) is 7.23. The minimum absolute atomic E-state index is 0.0549. The minimum atomic E-state index is -0.395. The summed E-state index contributed by atoms with van der Waals surface area (Å²) in [7, 11) is 2.91. The Hall–Kier alpha value is -3.28. The SMILES string of the molecule is COc1cc(C2CC(=O)N(c3ccccc3)C3=C2C(=O)CCC3)cc(OC)c1O. The van der Waals surface area contributed by atoms with Gasteiger partial charge < -0.3 is 14.6 Å². The molecule has 1 aliphatic heterocycles. The van der Waals surface area contributed by atoms with E-state index in [0.29, 0.717) is 18.4 Å². The molecule has 29 heavy (non-hydrogen) atoms. The minimum Gasteiger partial charge on any atom is -0.502 e. The molecule has 2 aliphatic rings. The van der Waals surface area contributed by atoms with Gasteiger partial charge in [-0.25, -0.2) is 0 Å². The lowest BCUT2D eigenvalue weighted by Crippen LogP contribution is -2.40. The van der Waals surface area contributed by atoms with Gasteiger partial charge in [0, 0.05) is 35.7 Å². The molecular formula is C23H23NO5. The number of amides is 1. The van der Waals surface area contributed by atoms with Crippen LogP contribution in [0.15, 0.2) is 53.7 Å². The number of hydrogen-bond donors (Lipinski definition) is 1. The van der Waals surface area contributed by atoms with E-state index in [0.717, 1.165) is 23.4 Å². The summed E-state index contributed by atoms with van der Waals surface area (Å²) < 4.78 is 10.5. The number of aromatic hydroxyl groups is 1. The Balaban J connectivity index is 1.88. The van der Waals surface area contributed by atoms with Gasteiger partial charge in [-0.3, -0.25) is 14.5 Å². The Morgan fingerprint density at radius 2 is 1.66 bits per heavy atom. The third kappa shape index (κ3) is 3.24. The average Bonchev–Trinajstić information content (AvgIpc) is 2.74. The molecule has 0 bridgehead atoms. The number of hydrogen-bond acceptors (Lipinski definition) is 5. The zero-order valence-electron chi connectivity index (χ0n) is 16.5. The lowest BCUT2D eigenvalue weighted by Gasteiger charge is -2.38. The zero-order valence-corrected chi connectivity index (χ0v) is 16.5. The van der Waals surface area contributed by atoms with E-state index in [1.165, 1.54) is 14.2 Å². The Kier molecular flexibility index (Phi) is 5.01. The summed E-state index contributed by atoms with van der Waals surface area (Å²) in [5.74, 6) is 0.0198. The highest BCUT2D eigenvalue weighted by molar-refractivity contribution is 6.07. The molecule has 0 radical (unpaired) electrons. The van der Waals surface area contributed by atoms with Gasteiger partial charge in [-0.2, -0.15) is 0 Å². The van der Waals surface area contributed by atoms with Crippen molar-refractivity contribution in [2.75, 3.05) is 19.1 Å². The average molecular weight is 393 g/mol. The maximum Gasteiger partial charge on any atom is 0.232 e. The van der Waals surface area contributed by atoms with Gasteiger partial charge in [-0.1, -0.05) is 18.2 Å². The van der Waals surface area contributed by atoms with Crippen LogP contribution in [0.3, 0.4) is 0 Å². The van der Waals surface area contributed by atoms with Gasteiger partial charge in [0.1, 0.15) is 0 Å². The number of ketones is 1. The number of benzene rings is 2. The second-order valence-corrected chi connectivity index (χ2v) is 7.23. The summed E-state index contributed by atoms with van der Waals surface area (Å²) in [5, 5.41) is 10.2. The van der Waals surface area contributed by atoms with Crippen molar-refractivity contribution >= 4 is 17.4 Å². The number of carbonyl (C=O) groups excluding carboxylic acids is 2. The van der Waals surface area contributed by atoms with Gasteiger partial charge in [0.15, 0.2) is 17.3 Å². The normalized spacial score (nSPS) is 19.2. The summed E-state index contributed by atoms with van der Waals surface area (Å²) in [5.41, 5.74) is 2.95. The number of carbonyl (C=O) groups is 2. The third-order valence-corrected chi connectivity index (χ3v) is 5.59. The lowest BCUT2D eigenvalue weighted by molar-refractivity contribution is -0.119. The van der Waals surface area contributed by atoms with Crippen LogP contribution < -0.4 is 14.4 Å². The van der Waals surface area contributed by atoms with Crippen LogP contribution in [0.1, 0.15) is 37.2 Å². The van der Waals surface area contributed by atoms with Crippen LogP contribution in [0.2, 0.25) is 0 Å². The highest BCUT2D eigenvalue weighted by atomic mass is 16.5. The van der Waals surface area contributed by atoms with Crippen molar-refractivity contribution in [3.63, 3.8) is 0 Å². The van der Waals surface area contributed by atoms with Gasteiger partial charge in [0.25, 0.3) is 0 Å². The van der Waals surface area contributed by atoms with Crippen LogP contribution in [-0.4, -0.2) is 31.0 Å². The molecule has 1 unspecified atom stereocenters. The Morgan fingerprint density at radius 1 is 1.00 bits per heavy atom. The Morgan fingerprint density at radius 3 is 2.28 bits per heavy atom. The number of rotatable bonds is 4. The van der Waals surface area contributed by atoms with Crippen molar-refractivity contribution < 1.29 is 24.2 Å². The van der Waals surface area contributed by atoms with Gasteiger partial charge >= 0.3 is 0 Å². The summed E-state index contributed by atoms with van der Waals surface area (Å²) in [6.07, 6.45) is 2.03. The predicted molar refractivity (Wildman–Crippen MR) is 108 cm³/mol. The maximum absolute atomic E-state index is 13.2. The smallest absolute Gasteiger partial charge is 0.232 e. The molecule has 1 aliphatic carbocycles. The van der Waals surface area contributed by atoms with Crippen molar-refractivity contribution in [3.05, 3.63) is 59.3 Å². The topological polar surface area (TPSA) is 76.1 Å². The zero-order chi connectivity index (χ0) is 20.5. The van der Waals surface area contributed by atoms with Crippen LogP contribution in [0.4, 0.5) is 5.69 Å². The number of methoxy groups -OCH3 is 2. The quantitative estimate of drug-likeness (QED) is 0.852. The number of allylic oxidation sites excluding steroid dienone is 2. The van der Waals surface area contributed by atoms with Crippen molar-refractivity contribution in [1.82, 2.24) is 0 Å². The van der Waals surface area contributed by atoms with Crippen LogP contribution in [0, 0.1) is 0 Å². The van der Waals surface area contributed by atoms with Crippen LogP contribution in [-0.2, 0) is 9.59 Å². The molecule has 1 N–H and O–H groups in total. The number of ether oxygens (including phenoxy) is 2. The summed E-state index contributed by atoms with van der Waals surface area (Å²) >= 11 is 0. The molecule has 0 fully saturated rings. The van der Waals surface area contributed by atoms with E-state index in [-0.39, 0.29) is 35.4 Å². The standard InChI is InChI=1S/C23H23NO5/c1-28-19-11-14(12-20(29-2)23(19)27)16-13-21(26)24(15-7-4-3-5-8-15)17-9-6-10-18(25)22(16)17/h3-5,7-8,11-12,16,27H,6,9-10,13H2,1-2H3. The number of para-hydroxylation sites is 1. The molecule has 1 amide bonds. The summed E-state index contributed by atoms with van der Waals surface area (Å²) in [6.45, 7) is 0. The summed E-state index contributed by atoms with van der Waals surface area (Å²) in [4.78, 5) is 27.8. The van der Waals surface area contributed by atoms with E-state index in [2.05, 4.69) is 0 Å². The first-order valence-corrected chi connectivity index (χ1v) is 9.64. The van der Waals surface area contributed by atoms with Crippen molar-refractivity contribution in [2.45, 2.75) is 31.6 Å². The molecule has 2 aromatic carbocycles. The van der Waals surface area contributed by atoms with Crippen LogP contribution >= 0.6 is 0 Å². The summed E-state index contributed by atoms with van der Waals surface area (Å²) in [6, 6.07) is 12.8. The number of phenols is 1. The molecule has 0 saturated heterocycles. The Labute approximate surface area is 169 Å². The number of nitrogens with zero attached hydrogens (tertiary/aromatic N) is 1. The largest absolute Gasteiger partial charge is 0.502 e. The van der Waals surface area contributed by atoms with Crippen molar-refractivity contribution in [1.29, 1.82) is 0 Å². The third-order valence-electron chi connectivity index (χ3n) is 5.59. The molecule has 150 valence electrons. The number of phenolic OH excluding ortho intramolecular Hbond substituents is 1. The van der Waals surface area contributed by atoms with Crippen molar-refractivity contribution in [3.8, 4) is 17.2 Å². The highest BCUT2D eigenvalue weighted by Gasteiger charge is 2.40. The Bertz CT molecular complexity index is 971. The van der Waals surface area contributed by atoms with Gasteiger partial charge in [0.05, 0.1) is 14.2 Å². The van der Waals surface area contributed by atoms with Gasteiger partial charge in [-0.15, -0.1) is 0 Å². The first kappa shape index (κ1) is 19.1. The lowest BCUT2D eigenvalue weighted by atomic mass is 9.77. The monoisotopic (exact) mass is 393 g/mol. The van der Waals surface area contributed by atoms with Gasteiger partial charge in [-0.05, 0) is 42.7 Å². The van der Waals surface area contributed by atoms with E-state index in [1.54, 1.807) is 17.0 Å². The molecular weight excluding hydrogens is 370 g/mol. The molecule has 6 nitrogen and oxygen atoms in total. The predicted octanol–water partition coefficient (Wildman–Crippen LogP) is 3.94. The van der Waals surface area contributed by atoms with Crippen LogP contribution in [0.25, 0.3) is 0 Å². The van der Waals surface area contributed by atoms with E-state index >= 15 is 0 Å². The van der Waals surface area contributed by atoms with E-state index in [9.17, 15) is 14.7 Å².